The summed E-state index contributed by atoms with van der Waals surface area (Å²) in [6.45, 7) is 0. The first-order valence-corrected chi connectivity index (χ1v) is 2.91. The monoisotopic (exact) mass is 135 g/mol. The van der Waals surface area contributed by atoms with E-state index < -0.39 is 0 Å². The topological polar surface area (TPSA) is 39.2 Å². The second-order valence-corrected chi connectivity index (χ2v) is 1.86. The third kappa shape index (κ3) is 0.719. The fourth-order valence-corrected chi connectivity index (χ4v) is 0.764. The van der Waals surface area contributed by atoms with Crippen LogP contribution in [-0.2, 0) is 0 Å². The largest absolute Gasteiger partial charge is 0.463 e. The zero-order valence-corrected chi connectivity index (χ0v) is 5.15. The van der Waals surface area contributed by atoms with E-state index in [1.165, 1.54) is 6.26 Å². The molecule has 0 saturated heterocycles. The Morgan fingerprint density at radius 1 is 1.20 bits per heavy atom. The van der Waals surface area contributed by atoms with Crippen molar-refractivity contribution in [3.8, 4) is 11.5 Å². The summed E-state index contributed by atoms with van der Waals surface area (Å²) in [4.78, 5) is 0. The minimum absolute atomic E-state index is 0.727. The van der Waals surface area contributed by atoms with Gasteiger partial charge in [0, 0.05) is 6.07 Å². The van der Waals surface area contributed by atoms with E-state index >= 15 is 0 Å². The Morgan fingerprint density at radius 2 is 2.20 bits per heavy atom. The van der Waals surface area contributed by atoms with Gasteiger partial charge in [-0.15, -0.1) is 0 Å². The zero-order valence-electron chi connectivity index (χ0n) is 5.15. The summed E-state index contributed by atoms with van der Waals surface area (Å²) < 4.78 is 9.68. The lowest BCUT2D eigenvalue weighted by molar-refractivity contribution is 0.419. The predicted octanol–water partition coefficient (Wildman–Crippen LogP) is 1.93. The molecule has 3 nitrogen and oxygen atoms in total. The molecular formula is C7H5NO2. The molecule has 0 spiro atoms. The van der Waals surface area contributed by atoms with E-state index in [1.54, 1.807) is 12.3 Å². The van der Waals surface area contributed by atoms with E-state index in [9.17, 15) is 0 Å². The standard InChI is InChI=1S/C7H5NO2/c1-2-7(9-4-1)6-3-5-10-8-6/h1-5H. The molecule has 0 radical (unpaired) electrons. The van der Waals surface area contributed by atoms with E-state index in [4.69, 9.17) is 4.42 Å². The van der Waals surface area contributed by atoms with Crippen LogP contribution in [0.1, 0.15) is 0 Å². The van der Waals surface area contributed by atoms with Crippen LogP contribution < -0.4 is 0 Å². The first kappa shape index (κ1) is 5.29. The Hall–Kier alpha value is -1.51. The average Bonchev–Trinajstić information content (AvgIpc) is 2.59. The van der Waals surface area contributed by atoms with Crippen molar-refractivity contribution in [2.75, 3.05) is 0 Å². The molecule has 0 aliphatic carbocycles. The third-order valence-corrected chi connectivity index (χ3v) is 1.21. The van der Waals surface area contributed by atoms with Crippen LogP contribution in [0.15, 0.2) is 39.7 Å². The Bertz CT molecular complexity index is 251. The minimum atomic E-state index is 0.727. The van der Waals surface area contributed by atoms with Crippen LogP contribution in [0.2, 0.25) is 0 Å². The highest BCUT2D eigenvalue weighted by molar-refractivity contribution is 5.49. The van der Waals surface area contributed by atoms with E-state index in [-0.39, 0.29) is 0 Å². The molecule has 0 N–H and O–H groups in total. The summed E-state index contributed by atoms with van der Waals surface area (Å²) in [7, 11) is 0. The SMILES string of the molecule is c1coc(-c2ccon2)c1. The fourth-order valence-electron chi connectivity index (χ4n) is 0.764. The molecule has 0 amide bonds. The van der Waals surface area contributed by atoms with E-state index in [2.05, 4.69) is 9.68 Å². The van der Waals surface area contributed by atoms with Crippen molar-refractivity contribution in [3.63, 3.8) is 0 Å². The Kier molecular flexibility index (Phi) is 1.07. The normalized spacial score (nSPS) is 10.0. The number of hydrogen-bond donors (Lipinski definition) is 0. The smallest absolute Gasteiger partial charge is 0.155 e. The van der Waals surface area contributed by atoms with Crippen LogP contribution in [0.5, 0.6) is 0 Å². The molecular weight excluding hydrogens is 130 g/mol. The maximum Gasteiger partial charge on any atom is 0.155 e. The van der Waals surface area contributed by atoms with Crippen LogP contribution in [0.4, 0.5) is 0 Å². The van der Waals surface area contributed by atoms with Crippen molar-refractivity contribution in [1.82, 2.24) is 5.16 Å². The first-order valence-electron chi connectivity index (χ1n) is 2.91. The van der Waals surface area contributed by atoms with Gasteiger partial charge in [-0.3, -0.25) is 0 Å². The van der Waals surface area contributed by atoms with Crippen molar-refractivity contribution in [2.45, 2.75) is 0 Å². The molecule has 0 atom stereocenters. The maximum absolute atomic E-state index is 5.06. The van der Waals surface area contributed by atoms with E-state index in [0.29, 0.717) is 0 Å². The van der Waals surface area contributed by atoms with Crippen molar-refractivity contribution >= 4 is 0 Å². The Balaban J connectivity index is 2.48. The first-order chi connectivity index (χ1) is 4.97. The lowest BCUT2D eigenvalue weighted by Crippen LogP contribution is -1.68. The second kappa shape index (κ2) is 2.02. The van der Waals surface area contributed by atoms with Crippen LogP contribution in [0, 0.1) is 0 Å². The molecule has 3 heteroatoms. The number of hydrogen-bond acceptors (Lipinski definition) is 3. The number of furan rings is 1. The molecule has 0 fully saturated rings. The molecule has 50 valence electrons. The van der Waals surface area contributed by atoms with Crippen LogP contribution in [-0.4, -0.2) is 5.16 Å². The van der Waals surface area contributed by atoms with E-state index in [0.717, 1.165) is 11.5 Å². The lowest BCUT2D eigenvalue weighted by atomic mass is 10.3. The van der Waals surface area contributed by atoms with Crippen LogP contribution in [0.25, 0.3) is 11.5 Å². The second-order valence-electron chi connectivity index (χ2n) is 1.86. The molecule has 2 heterocycles. The van der Waals surface area contributed by atoms with Crippen molar-refractivity contribution < 1.29 is 8.94 Å². The van der Waals surface area contributed by atoms with Crippen molar-refractivity contribution in [3.05, 3.63) is 30.7 Å². The lowest BCUT2D eigenvalue weighted by Gasteiger charge is -1.82. The molecule has 0 saturated carbocycles. The zero-order chi connectivity index (χ0) is 6.81. The summed E-state index contributed by atoms with van der Waals surface area (Å²) in [6.07, 6.45) is 3.11. The van der Waals surface area contributed by atoms with Gasteiger partial charge in [-0.2, -0.15) is 0 Å². The van der Waals surface area contributed by atoms with Gasteiger partial charge < -0.3 is 8.94 Å². The summed E-state index contributed by atoms with van der Waals surface area (Å²) in [5, 5.41) is 3.69. The molecule has 2 aromatic heterocycles. The van der Waals surface area contributed by atoms with Gasteiger partial charge >= 0.3 is 0 Å². The van der Waals surface area contributed by atoms with Gasteiger partial charge in [0.05, 0.1) is 6.26 Å². The molecule has 0 bridgehead atoms. The highest BCUT2D eigenvalue weighted by Gasteiger charge is 2.01. The maximum atomic E-state index is 5.06. The van der Waals surface area contributed by atoms with Gasteiger partial charge in [0.2, 0.25) is 0 Å². The molecule has 0 aliphatic rings. The van der Waals surface area contributed by atoms with Crippen molar-refractivity contribution in [2.24, 2.45) is 0 Å². The van der Waals surface area contributed by atoms with Crippen LogP contribution in [0.3, 0.4) is 0 Å². The minimum Gasteiger partial charge on any atom is -0.463 e. The van der Waals surface area contributed by atoms with Crippen LogP contribution >= 0.6 is 0 Å². The number of rotatable bonds is 1. The molecule has 0 unspecified atom stereocenters. The molecule has 2 aromatic rings. The van der Waals surface area contributed by atoms with E-state index in [1.807, 2.05) is 12.1 Å². The van der Waals surface area contributed by atoms with Gasteiger partial charge in [0.15, 0.2) is 5.76 Å². The summed E-state index contributed by atoms with van der Waals surface area (Å²) in [6, 6.07) is 5.39. The highest BCUT2D eigenvalue weighted by atomic mass is 16.5. The highest BCUT2D eigenvalue weighted by Crippen LogP contribution is 2.15. The van der Waals surface area contributed by atoms with Crippen molar-refractivity contribution in [1.29, 1.82) is 0 Å². The molecule has 10 heavy (non-hydrogen) atoms. The number of nitrogens with zero attached hydrogens (tertiary/aromatic N) is 1. The molecule has 0 aromatic carbocycles. The third-order valence-electron chi connectivity index (χ3n) is 1.21. The Labute approximate surface area is 57.2 Å². The summed E-state index contributed by atoms with van der Waals surface area (Å²) >= 11 is 0. The summed E-state index contributed by atoms with van der Waals surface area (Å²) in [5.74, 6) is 0.730. The fraction of sp³-hybridized carbons (Fsp3) is 0. The van der Waals surface area contributed by atoms with Gasteiger partial charge in [-0.1, -0.05) is 5.16 Å². The molecule has 2 rings (SSSR count). The number of aromatic nitrogens is 1. The Morgan fingerprint density at radius 3 is 2.80 bits per heavy atom. The quantitative estimate of drug-likeness (QED) is 0.599. The summed E-state index contributed by atoms with van der Waals surface area (Å²) in [5.41, 5.74) is 0.727. The van der Waals surface area contributed by atoms with Gasteiger partial charge in [-0.25, -0.2) is 0 Å². The van der Waals surface area contributed by atoms with Gasteiger partial charge in [-0.05, 0) is 12.1 Å². The van der Waals surface area contributed by atoms with Gasteiger partial charge in [0.25, 0.3) is 0 Å². The van der Waals surface area contributed by atoms with Gasteiger partial charge in [0.1, 0.15) is 12.0 Å². The average molecular weight is 135 g/mol. The predicted molar refractivity (Wildman–Crippen MR) is 34.2 cm³/mol. The molecule has 0 aliphatic heterocycles.